The van der Waals surface area contributed by atoms with E-state index in [2.05, 4.69) is 31.4 Å². The first-order chi connectivity index (χ1) is 9.29. The molecular formula is C15H28N2O3. The van der Waals surface area contributed by atoms with Crippen LogP contribution in [0, 0.1) is 17.8 Å². The lowest BCUT2D eigenvalue weighted by molar-refractivity contribution is -0.137. The molecule has 0 aromatic heterocycles. The van der Waals surface area contributed by atoms with Crippen LogP contribution in [0.15, 0.2) is 0 Å². The summed E-state index contributed by atoms with van der Waals surface area (Å²) in [6.45, 7) is 8.31. The number of amides is 2. The zero-order valence-corrected chi connectivity index (χ0v) is 13.0. The van der Waals surface area contributed by atoms with Gasteiger partial charge in [0.25, 0.3) is 0 Å². The topological polar surface area (TPSA) is 78.4 Å². The summed E-state index contributed by atoms with van der Waals surface area (Å²) in [6.07, 6.45) is 3.32. The van der Waals surface area contributed by atoms with Crippen molar-refractivity contribution in [3.63, 3.8) is 0 Å². The van der Waals surface area contributed by atoms with Gasteiger partial charge in [0.2, 0.25) is 0 Å². The van der Waals surface area contributed by atoms with Crippen molar-refractivity contribution in [3.8, 4) is 0 Å². The smallest absolute Gasteiger partial charge is 0.315 e. The molecule has 0 aromatic rings. The van der Waals surface area contributed by atoms with Crippen LogP contribution in [0.5, 0.6) is 0 Å². The third kappa shape index (κ3) is 5.39. The minimum absolute atomic E-state index is 0.0535. The Labute approximate surface area is 121 Å². The third-order valence-corrected chi connectivity index (χ3v) is 4.20. The molecule has 1 saturated carbocycles. The molecular weight excluding hydrogens is 256 g/mol. The molecule has 2 amide bonds. The number of carboxylic acids is 1. The lowest BCUT2D eigenvalue weighted by Crippen LogP contribution is -2.51. The minimum Gasteiger partial charge on any atom is -0.481 e. The van der Waals surface area contributed by atoms with Gasteiger partial charge in [-0.3, -0.25) is 4.79 Å². The van der Waals surface area contributed by atoms with Gasteiger partial charge in [0.05, 0.1) is 6.42 Å². The SMILES string of the molecule is CC1CCC(C(C)C)C(NC(=O)NC(C)CC(=O)O)C1. The average Bonchev–Trinajstić information content (AvgIpc) is 2.26. The Morgan fingerprint density at radius 1 is 1.25 bits per heavy atom. The van der Waals surface area contributed by atoms with E-state index in [0.29, 0.717) is 17.8 Å². The zero-order chi connectivity index (χ0) is 15.3. The van der Waals surface area contributed by atoms with Crippen LogP contribution in [0.2, 0.25) is 0 Å². The van der Waals surface area contributed by atoms with Gasteiger partial charge in [-0.1, -0.05) is 27.2 Å². The Kier molecular flexibility index (Phi) is 6.30. The summed E-state index contributed by atoms with van der Waals surface area (Å²) in [6, 6.07) is -0.412. The van der Waals surface area contributed by atoms with E-state index >= 15 is 0 Å². The van der Waals surface area contributed by atoms with Crippen LogP contribution in [0.4, 0.5) is 4.79 Å². The highest BCUT2D eigenvalue weighted by atomic mass is 16.4. The van der Waals surface area contributed by atoms with Crippen molar-refractivity contribution in [2.75, 3.05) is 0 Å². The number of hydrogen-bond donors (Lipinski definition) is 3. The van der Waals surface area contributed by atoms with E-state index in [-0.39, 0.29) is 24.5 Å². The van der Waals surface area contributed by atoms with E-state index in [0.717, 1.165) is 12.8 Å². The van der Waals surface area contributed by atoms with Crippen LogP contribution >= 0.6 is 0 Å². The van der Waals surface area contributed by atoms with Crippen molar-refractivity contribution < 1.29 is 14.7 Å². The summed E-state index contributed by atoms with van der Waals surface area (Å²) in [7, 11) is 0. The molecule has 0 saturated heterocycles. The van der Waals surface area contributed by atoms with Crippen molar-refractivity contribution in [1.29, 1.82) is 0 Å². The summed E-state index contributed by atoms with van der Waals surface area (Å²) >= 11 is 0. The molecule has 5 heteroatoms. The summed E-state index contributed by atoms with van der Waals surface area (Å²) in [5.41, 5.74) is 0. The van der Waals surface area contributed by atoms with Gasteiger partial charge in [0, 0.05) is 12.1 Å². The molecule has 3 N–H and O–H groups in total. The Balaban J connectivity index is 2.50. The molecule has 0 radical (unpaired) electrons. The van der Waals surface area contributed by atoms with Crippen LogP contribution in [0.25, 0.3) is 0 Å². The molecule has 0 spiro atoms. The fourth-order valence-corrected chi connectivity index (χ4v) is 3.12. The molecule has 0 heterocycles. The molecule has 0 aromatic carbocycles. The second kappa shape index (κ2) is 7.50. The normalized spacial score (nSPS) is 27.9. The largest absolute Gasteiger partial charge is 0.481 e. The maximum Gasteiger partial charge on any atom is 0.315 e. The monoisotopic (exact) mass is 284 g/mol. The highest BCUT2D eigenvalue weighted by Crippen LogP contribution is 2.33. The fourth-order valence-electron chi connectivity index (χ4n) is 3.12. The van der Waals surface area contributed by atoms with Crippen LogP contribution in [0.3, 0.4) is 0 Å². The molecule has 0 bridgehead atoms. The summed E-state index contributed by atoms with van der Waals surface area (Å²) < 4.78 is 0. The quantitative estimate of drug-likeness (QED) is 0.726. The van der Waals surface area contributed by atoms with Gasteiger partial charge in [-0.15, -0.1) is 0 Å². The summed E-state index contributed by atoms with van der Waals surface area (Å²) in [5, 5.41) is 14.4. The molecule has 20 heavy (non-hydrogen) atoms. The van der Waals surface area contributed by atoms with Crippen LogP contribution in [-0.4, -0.2) is 29.2 Å². The molecule has 4 unspecified atom stereocenters. The van der Waals surface area contributed by atoms with E-state index < -0.39 is 5.97 Å². The minimum atomic E-state index is -0.899. The van der Waals surface area contributed by atoms with Gasteiger partial charge in [-0.05, 0) is 37.5 Å². The Morgan fingerprint density at radius 2 is 1.90 bits per heavy atom. The number of nitrogens with one attached hydrogen (secondary N) is 2. The number of urea groups is 1. The number of carboxylic acid groups (broad SMARTS) is 1. The van der Waals surface area contributed by atoms with Crippen LogP contribution in [-0.2, 0) is 4.79 Å². The second-order valence-electron chi connectivity index (χ2n) is 6.55. The van der Waals surface area contributed by atoms with E-state index in [1.165, 1.54) is 6.42 Å². The molecule has 1 aliphatic carbocycles. The van der Waals surface area contributed by atoms with E-state index in [1.807, 2.05) is 0 Å². The number of hydrogen-bond acceptors (Lipinski definition) is 2. The zero-order valence-electron chi connectivity index (χ0n) is 13.0. The predicted octanol–water partition coefficient (Wildman–Crippen LogP) is 2.61. The number of rotatable bonds is 5. The standard InChI is InChI=1S/C15H28N2O3/c1-9(2)12-6-5-10(3)7-13(12)17-15(20)16-11(4)8-14(18)19/h9-13H,5-8H2,1-4H3,(H,18,19)(H2,16,17,20). The first-order valence-corrected chi connectivity index (χ1v) is 7.58. The third-order valence-electron chi connectivity index (χ3n) is 4.20. The predicted molar refractivity (Wildman–Crippen MR) is 78.5 cm³/mol. The van der Waals surface area contributed by atoms with Gasteiger partial charge in [0.1, 0.15) is 0 Å². The number of carbonyl (C=O) groups excluding carboxylic acids is 1. The maximum absolute atomic E-state index is 12.0. The Morgan fingerprint density at radius 3 is 2.45 bits per heavy atom. The van der Waals surface area contributed by atoms with E-state index in [9.17, 15) is 9.59 Å². The Hall–Kier alpha value is -1.26. The van der Waals surface area contributed by atoms with Gasteiger partial charge in [0.15, 0.2) is 0 Å². The van der Waals surface area contributed by atoms with E-state index in [1.54, 1.807) is 6.92 Å². The molecule has 1 rings (SSSR count). The van der Waals surface area contributed by atoms with Crippen molar-refractivity contribution in [1.82, 2.24) is 10.6 Å². The van der Waals surface area contributed by atoms with Gasteiger partial charge < -0.3 is 15.7 Å². The van der Waals surface area contributed by atoms with Crippen molar-refractivity contribution >= 4 is 12.0 Å². The molecule has 1 aliphatic rings. The lowest BCUT2D eigenvalue weighted by atomic mass is 9.74. The van der Waals surface area contributed by atoms with Crippen LogP contribution in [0.1, 0.15) is 53.4 Å². The second-order valence-corrected chi connectivity index (χ2v) is 6.55. The highest BCUT2D eigenvalue weighted by Gasteiger charge is 2.31. The van der Waals surface area contributed by atoms with Crippen molar-refractivity contribution in [2.45, 2.75) is 65.5 Å². The Bertz CT molecular complexity index is 344. The fraction of sp³-hybridized carbons (Fsp3) is 0.867. The first-order valence-electron chi connectivity index (χ1n) is 7.58. The number of carbonyl (C=O) groups is 2. The summed E-state index contributed by atoms with van der Waals surface area (Å²) in [4.78, 5) is 22.6. The van der Waals surface area contributed by atoms with E-state index in [4.69, 9.17) is 5.11 Å². The van der Waals surface area contributed by atoms with Gasteiger partial charge in [-0.25, -0.2) is 4.79 Å². The molecule has 0 aliphatic heterocycles. The molecule has 4 atom stereocenters. The maximum atomic E-state index is 12.0. The van der Waals surface area contributed by atoms with Gasteiger partial charge in [-0.2, -0.15) is 0 Å². The average molecular weight is 284 g/mol. The molecule has 5 nitrogen and oxygen atoms in total. The first kappa shape index (κ1) is 16.8. The van der Waals surface area contributed by atoms with Crippen molar-refractivity contribution in [3.05, 3.63) is 0 Å². The molecule has 116 valence electrons. The summed E-state index contributed by atoms with van der Waals surface area (Å²) in [5.74, 6) is 0.784. The van der Waals surface area contributed by atoms with Crippen molar-refractivity contribution in [2.24, 2.45) is 17.8 Å². The van der Waals surface area contributed by atoms with Gasteiger partial charge >= 0.3 is 12.0 Å². The lowest BCUT2D eigenvalue weighted by Gasteiger charge is -2.37. The van der Waals surface area contributed by atoms with Crippen LogP contribution < -0.4 is 10.6 Å². The number of aliphatic carboxylic acids is 1. The highest BCUT2D eigenvalue weighted by molar-refractivity contribution is 5.76. The molecule has 1 fully saturated rings.